The SMILES string of the molecule is COC1(CS(=O)O)CCCOCC1. The second kappa shape index (κ2) is 5.05. The number of hydrogen-bond acceptors (Lipinski definition) is 3. The van der Waals surface area contributed by atoms with Gasteiger partial charge in [-0.2, -0.15) is 0 Å². The van der Waals surface area contributed by atoms with E-state index in [1.807, 2.05) is 0 Å². The van der Waals surface area contributed by atoms with Gasteiger partial charge in [0.2, 0.25) is 0 Å². The van der Waals surface area contributed by atoms with Crippen molar-refractivity contribution in [1.82, 2.24) is 0 Å². The van der Waals surface area contributed by atoms with Crippen LogP contribution in [0.4, 0.5) is 0 Å². The number of hydrogen-bond donors (Lipinski definition) is 1. The molecular weight excluding hydrogens is 192 g/mol. The van der Waals surface area contributed by atoms with Gasteiger partial charge in [-0.1, -0.05) is 0 Å². The largest absolute Gasteiger partial charge is 0.381 e. The zero-order valence-corrected chi connectivity index (χ0v) is 8.64. The highest BCUT2D eigenvalue weighted by molar-refractivity contribution is 7.79. The Bertz CT molecular complexity index is 175. The number of ether oxygens (including phenoxy) is 2. The first-order valence-electron chi connectivity index (χ1n) is 4.39. The Kier molecular flexibility index (Phi) is 4.31. The van der Waals surface area contributed by atoms with Crippen LogP contribution in [0, 0.1) is 0 Å². The van der Waals surface area contributed by atoms with E-state index in [1.54, 1.807) is 7.11 Å². The molecule has 0 aliphatic carbocycles. The van der Waals surface area contributed by atoms with Gasteiger partial charge in [0, 0.05) is 26.7 Å². The standard InChI is InChI=1S/C8H16O4S/c1-11-8(7-13(9)10)3-2-5-12-6-4-8/h2-7H2,1H3,(H,9,10). The molecule has 5 heteroatoms. The summed E-state index contributed by atoms with van der Waals surface area (Å²) in [5, 5.41) is 0. The molecule has 2 unspecified atom stereocenters. The summed E-state index contributed by atoms with van der Waals surface area (Å²) in [5.41, 5.74) is -0.448. The molecule has 13 heavy (non-hydrogen) atoms. The molecule has 0 aromatic heterocycles. The van der Waals surface area contributed by atoms with E-state index in [0.29, 0.717) is 13.0 Å². The van der Waals surface area contributed by atoms with Crippen molar-refractivity contribution in [3.05, 3.63) is 0 Å². The Balaban J connectivity index is 2.58. The lowest BCUT2D eigenvalue weighted by Crippen LogP contribution is -2.37. The van der Waals surface area contributed by atoms with Crippen molar-refractivity contribution in [3.8, 4) is 0 Å². The second-order valence-corrected chi connectivity index (χ2v) is 4.25. The van der Waals surface area contributed by atoms with Crippen LogP contribution in [0.2, 0.25) is 0 Å². The fourth-order valence-electron chi connectivity index (χ4n) is 1.61. The Morgan fingerprint density at radius 3 is 2.92 bits per heavy atom. The van der Waals surface area contributed by atoms with E-state index >= 15 is 0 Å². The lowest BCUT2D eigenvalue weighted by molar-refractivity contribution is -0.00753. The Labute approximate surface area is 80.9 Å². The predicted molar refractivity (Wildman–Crippen MR) is 50.0 cm³/mol. The van der Waals surface area contributed by atoms with Crippen molar-refractivity contribution < 1.29 is 18.2 Å². The summed E-state index contributed by atoms with van der Waals surface area (Å²) in [4.78, 5) is 0. The first-order chi connectivity index (χ1) is 6.18. The van der Waals surface area contributed by atoms with Crippen LogP contribution in [0.15, 0.2) is 0 Å². The number of methoxy groups -OCH3 is 1. The molecule has 0 aromatic rings. The molecule has 1 aliphatic heterocycles. The zero-order chi connectivity index (χ0) is 9.73. The molecule has 78 valence electrons. The van der Waals surface area contributed by atoms with Gasteiger partial charge in [0.1, 0.15) is 0 Å². The van der Waals surface area contributed by atoms with E-state index in [1.165, 1.54) is 0 Å². The van der Waals surface area contributed by atoms with E-state index < -0.39 is 16.7 Å². The summed E-state index contributed by atoms with van der Waals surface area (Å²) in [5.74, 6) is 0.187. The molecule has 1 N–H and O–H groups in total. The van der Waals surface area contributed by atoms with Gasteiger partial charge in [0.15, 0.2) is 11.1 Å². The van der Waals surface area contributed by atoms with Gasteiger partial charge < -0.3 is 14.0 Å². The minimum absolute atomic E-state index is 0.187. The maximum atomic E-state index is 10.7. The van der Waals surface area contributed by atoms with Gasteiger partial charge in [-0.15, -0.1) is 0 Å². The van der Waals surface area contributed by atoms with Crippen LogP contribution in [-0.2, 0) is 20.6 Å². The quantitative estimate of drug-likeness (QED) is 0.697. The number of rotatable bonds is 3. The first-order valence-corrected chi connectivity index (χ1v) is 5.66. The van der Waals surface area contributed by atoms with Crippen LogP contribution in [0.3, 0.4) is 0 Å². The first kappa shape index (κ1) is 11.1. The third-order valence-corrected chi connectivity index (χ3v) is 3.22. The Hall–Kier alpha value is 0.0300. The van der Waals surface area contributed by atoms with Gasteiger partial charge in [0.05, 0.1) is 11.4 Å². The Morgan fingerprint density at radius 1 is 1.54 bits per heavy atom. The third-order valence-electron chi connectivity index (χ3n) is 2.44. The van der Waals surface area contributed by atoms with Crippen LogP contribution in [0.25, 0.3) is 0 Å². The molecule has 1 saturated heterocycles. The second-order valence-electron chi connectivity index (χ2n) is 3.32. The average Bonchev–Trinajstić information content (AvgIpc) is 2.30. The maximum Gasteiger partial charge on any atom is 0.155 e. The molecule has 4 nitrogen and oxygen atoms in total. The molecule has 0 amide bonds. The summed E-state index contributed by atoms with van der Waals surface area (Å²) in [6.07, 6.45) is 2.40. The topological polar surface area (TPSA) is 55.8 Å². The molecule has 0 radical (unpaired) electrons. The molecular formula is C8H16O4S. The molecule has 1 aliphatic rings. The smallest absolute Gasteiger partial charge is 0.155 e. The average molecular weight is 208 g/mol. The highest BCUT2D eigenvalue weighted by Gasteiger charge is 2.32. The molecule has 2 atom stereocenters. The van der Waals surface area contributed by atoms with Crippen molar-refractivity contribution >= 4 is 11.1 Å². The van der Waals surface area contributed by atoms with Crippen molar-refractivity contribution in [2.24, 2.45) is 0 Å². The van der Waals surface area contributed by atoms with Gasteiger partial charge in [-0.25, -0.2) is 4.21 Å². The summed E-state index contributed by atoms with van der Waals surface area (Å²) < 4.78 is 30.2. The third kappa shape index (κ3) is 3.34. The zero-order valence-electron chi connectivity index (χ0n) is 7.82. The fraction of sp³-hybridized carbons (Fsp3) is 1.00. The minimum Gasteiger partial charge on any atom is -0.381 e. The van der Waals surface area contributed by atoms with Crippen LogP contribution < -0.4 is 0 Å². The monoisotopic (exact) mass is 208 g/mol. The maximum absolute atomic E-state index is 10.7. The molecule has 1 heterocycles. The van der Waals surface area contributed by atoms with Crippen molar-refractivity contribution in [2.45, 2.75) is 24.9 Å². The minimum atomic E-state index is -1.79. The summed E-state index contributed by atoms with van der Waals surface area (Å²) in [6, 6.07) is 0. The highest BCUT2D eigenvalue weighted by atomic mass is 32.2. The normalized spacial score (nSPS) is 32.5. The van der Waals surface area contributed by atoms with E-state index in [2.05, 4.69) is 0 Å². The van der Waals surface area contributed by atoms with Crippen molar-refractivity contribution in [2.75, 3.05) is 26.1 Å². The van der Waals surface area contributed by atoms with E-state index in [4.69, 9.17) is 14.0 Å². The highest BCUT2D eigenvalue weighted by Crippen LogP contribution is 2.25. The molecule has 0 bridgehead atoms. The van der Waals surface area contributed by atoms with Gasteiger partial charge in [-0.3, -0.25) is 0 Å². The van der Waals surface area contributed by atoms with Crippen molar-refractivity contribution in [3.63, 3.8) is 0 Å². The van der Waals surface area contributed by atoms with Crippen LogP contribution in [0.1, 0.15) is 19.3 Å². The fourth-order valence-corrected chi connectivity index (χ4v) is 2.47. The molecule has 0 spiro atoms. The van der Waals surface area contributed by atoms with Crippen molar-refractivity contribution in [1.29, 1.82) is 0 Å². The molecule has 1 rings (SSSR count). The summed E-state index contributed by atoms with van der Waals surface area (Å²) in [6.45, 7) is 1.34. The van der Waals surface area contributed by atoms with Crippen LogP contribution in [0.5, 0.6) is 0 Å². The van der Waals surface area contributed by atoms with Gasteiger partial charge in [-0.05, 0) is 12.8 Å². The van der Waals surface area contributed by atoms with E-state index in [0.717, 1.165) is 19.4 Å². The molecule has 0 aromatic carbocycles. The van der Waals surface area contributed by atoms with Crippen LogP contribution >= 0.6 is 0 Å². The lowest BCUT2D eigenvalue weighted by Gasteiger charge is -2.28. The van der Waals surface area contributed by atoms with Crippen LogP contribution in [-0.4, -0.2) is 40.4 Å². The summed E-state index contributed by atoms with van der Waals surface area (Å²) in [7, 11) is 1.60. The predicted octanol–water partition coefficient (Wildman–Crippen LogP) is 0.794. The molecule has 0 saturated carbocycles. The lowest BCUT2D eigenvalue weighted by atomic mass is 9.97. The van der Waals surface area contributed by atoms with E-state index in [9.17, 15) is 4.21 Å². The summed E-state index contributed by atoms with van der Waals surface area (Å²) >= 11 is -1.79. The van der Waals surface area contributed by atoms with E-state index in [-0.39, 0.29) is 5.75 Å². The van der Waals surface area contributed by atoms with Gasteiger partial charge in [0.25, 0.3) is 0 Å². The molecule has 1 fully saturated rings. The Morgan fingerprint density at radius 2 is 2.31 bits per heavy atom. The van der Waals surface area contributed by atoms with Gasteiger partial charge >= 0.3 is 0 Å².